The molecule has 0 radical (unpaired) electrons. The Bertz CT molecular complexity index is 954. The minimum absolute atomic E-state index is 0.00421. The predicted molar refractivity (Wildman–Crippen MR) is 109 cm³/mol. The number of hydrogen-bond acceptors (Lipinski definition) is 3. The third-order valence-electron chi connectivity index (χ3n) is 5.18. The van der Waals surface area contributed by atoms with E-state index in [1.54, 1.807) is 0 Å². The van der Waals surface area contributed by atoms with Crippen LogP contribution in [0, 0.1) is 6.92 Å². The van der Waals surface area contributed by atoms with Crippen LogP contribution >= 0.6 is 0 Å². The first kappa shape index (κ1) is 18.5. The number of ether oxygens (including phenoxy) is 1. The van der Waals surface area contributed by atoms with E-state index in [1.807, 2.05) is 67.3 Å². The number of para-hydroxylation sites is 2. The molecule has 3 aromatic rings. The smallest absolute Gasteiger partial charge is 0.317 e. The van der Waals surface area contributed by atoms with Crippen LogP contribution in [0.25, 0.3) is 11.0 Å². The Morgan fingerprint density at radius 3 is 2.71 bits per heavy atom. The Hall–Kier alpha value is -2.86. The SMILES string of the molecule is Cc1nc2ccccc2n1CCNC(=O)N1C[C@@H](c2ccccc2)O[C@@H](C)C1. The summed E-state index contributed by atoms with van der Waals surface area (Å²) < 4.78 is 8.19. The van der Waals surface area contributed by atoms with E-state index in [0.717, 1.165) is 22.4 Å². The molecule has 1 aliphatic heterocycles. The summed E-state index contributed by atoms with van der Waals surface area (Å²) in [7, 11) is 0. The molecule has 0 spiro atoms. The van der Waals surface area contributed by atoms with Crippen molar-refractivity contribution in [2.24, 2.45) is 0 Å². The maximum atomic E-state index is 12.7. The Balaban J connectivity index is 1.37. The van der Waals surface area contributed by atoms with Gasteiger partial charge in [-0.25, -0.2) is 9.78 Å². The second-order valence-corrected chi connectivity index (χ2v) is 7.28. The second-order valence-electron chi connectivity index (χ2n) is 7.28. The molecule has 1 fully saturated rings. The van der Waals surface area contributed by atoms with Crippen LogP contribution in [0.5, 0.6) is 0 Å². The first-order valence-corrected chi connectivity index (χ1v) is 9.77. The van der Waals surface area contributed by atoms with Gasteiger partial charge in [0, 0.05) is 19.6 Å². The molecule has 2 amide bonds. The van der Waals surface area contributed by atoms with Crippen LogP contribution in [0.1, 0.15) is 24.4 Å². The van der Waals surface area contributed by atoms with Gasteiger partial charge in [-0.1, -0.05) is 42.5 Å². The zero-order chi connectivity index (χ0) is 19.5. The molecule has 2 aromatic carbocycles. The first-order valence-electron chi connectivity index (χ1n) is 9.77. The van der Waals surface area contributed by atoms with Gasteiger partial charge in [0.15, 0.2) is 0 Å². The lowest BCUT2D eigenvalue weighted by molar-refractivity contribution is -0.0656. The molecule has 0 aliphatic carbocycles. The van der Waals surface area contributed by atoms with E-state index in [1.165, 1.54) is 0 Å². The number of aryl methyl sites for hydroxylation is 1. The molecule has 1 aromatic heterocycles. The van der Waals surface area contributed by atoms with Crippen molar-refractivity contribution < 1.29 is 9.53 Å². The number of hydrogen-bond donors (Lipinski definition) is 1. The number of rotatable bonds is 4. The van der Waals surface area contributed by atoms with Crippen LogP contribution in [0.15, 0.2) is 54.6 Å². The topological polar surface area (TPSA) is 59.4 Å². The number of nitrogens with zero attached hydrogens (tertiary/aromatic N) is 3. The van der Waals surface area contributed by atoms with Crippen LogP contribution in [-0.2, 0) is 11.3 Å². The second kappa shape index (κ2) is 8.02. The summed E-state index contributed by atoms with van der Waals surface area (Å²) in [6.45, 7) is 6.42. The zero-order valence-electron chi connectivity index (χ0n) is 16.3. The quantitative estimate of drug-likeness (QED) is 0.756. The summed E-state index contributed by atoms with van der Waals surface area (Å²) in [6, 6.07) is 18.1. The summed E-state index contributed by atoms with van der Waals surface area (Å²) in [5.74, 6) is 0.958. The molecule has 6 heteroatoms. The van der Waals surface area contributed by atoms with Crippen LogP contribution < -0.4 is 5.32 Å². The largest absolute Gasteiger partial charge is 0.367 e. The Morgan fingerprint density at radius 2 is 1.89 bits per heavy atom. The van der Waals surface area contributed by atoms with Crippen molar-refractivity contribution in [3.05, 3.63) is 66.0 Å². The molecule has 2 heterocycles. The molecule has 6 nitrogen and oxygen atoms in total. The van der Waals surface area contributed by atoms with Gasteiger partial charge < -0.3 is 19.5 Å². The Kier molecular flexibility index (Phi) is 5.30. The summed E-state index contributed by atoms with van der Waals surface area (Å²) in [6.07, 6.45) is -0.0833. The van der Waals surface area contributed by atoms with E-state index >= 15 is 0 Å². The molecule has 0 saturated carbocycles. The first-order chi connectivity index (χ1) is 13.6. The summed E-state index contributed by atoms with van der Waals surface area (Å²) in [5.41, 5.74) is 3.18. The lowest BCUT2D eigenvalue weighted by Crippen LogP contribution is -2.50. The molecular weight excluding hydrogens is 352 g/mol. The number of fused-ring (bicyclic) bond motifs is 1. The standard InChI is InChI=1S/C22H26N4O2/c1-16-14-25(15-21(28-16)18-8-4-3-5-9-18)22(27)23-12-13-26-17(2)24-19-10-6-7-11-20(19)26/h3-11,16,21H,12-15H2,1-2H3,(H,23,27)/t16-,21-/m0/s1. The highest BCUT2D eigenvalue weighted by atomic mass is 16.5. The number of urea groups is 1. The third kappa shape index (κ3) is 3.87. The van der Waals surface area contributed by atoms with Gasteiger partial charge in [0.1, 0.15) is 11.9 Å². The molecule has 2 atom stereocenters. The Morgan fingerprint density at radius 1 is 1.14 bits per heavy atom. The van der Waals surface area contributed by atoms with Crippen molar-refractivity contribution in [3.8, 4) is 0 Å². The minimum atomic E-state index is -0.0875. The van der Waals surface area contributed by atoms with Crippen LogP contribution in [0.3, 0.4) is 0 Å². The number of imidazole rings is 1. The van der Waals surface area contributed by atoms with Gasteiger partial charge in [-0.3, -0.25) is 0 Å². The molecule has 0 unspecified atom stereocenters. The maximum Gasteiger partial charge on any atom is 0.317 e. The van der Waals surface area contributed by atoms with E-state index in [-0.39, 0.29) is 18.2 Å². The maximum absolute atomic E-state index is 12.7. The monoisotopic (exact) mass is 378 g/mol. The number of amides is 2. The normalized spacial score (nSPS) is 19.7. The van der Waals surface area contributed by atoms with Gasteiger partial charge in [-0.15, -0.1) is 0 Å². The number of carbonyl (C=O) groups excluding carboxylic acids is 1. The van der Waals surface area contributed by atoms with E-state index in [9.17, 15) is 4.79 Å². The van der Waals surface area contributed by atoms with Crippen molar-refractivity contribution in [2.75, 3.05) is 19.6 Å². The van der Waals surface area contributed by atoms with Crippen molar-refractivity contribution in [1.82, 2.24) is 19.8 Å². The molecule has 0 bridgehead atoms. The summed E-state index contributed by atoms with van der Waals surface area (Å²) in [4.78, 5) is 19.2. The van der Waals surface area contributed by atoms with Crippen LogP contribution in [0.2, 0.25) is 0 Å². The average Bonchev–Trinajstić information content (AvgIpc) is 3.03. The van der Waals surface area contributed by atoms with Gasteiger partial charge in [0.05, 0.1) is 23.7 Å². The Labute approximate surface area is 165 Å². The van der Waals surface area contributed by atoms with Gasteiger partial charge >= 0.3 is 6.03 Å². The molecule has 4 rings (SSSR count). The van der Waals surface area contributed by atoms with Gasteiger partial charge in [0.25, 0.3) is 0 Å². The lowest BCUT2D eigenvalue weighted by atomic mass is 10.1. The van der Waals surface area contributed by atoms with E-state index in [0.29, 0.717) is 26.2 Å². The fourth-order valence-electron chi connectivity index (χ4n) is 3.83. The number of morpholine rings is 1. The van der Waals surface area contributed by atoms with E-state index in [4.69, 9.17) is 4.74 Å². The molecule has 1 aliphatic rings. The molecule has 28 heavy (non-hydrogen) atoms. The number of carbonyl (C=O) groups is 1. The number of aromatic nitrogens is 2. The van der Waals surface area contributed by atoms with Crippen molar-refractivity contribution in [3.63, 3.8) is 0 Å². The lowest BCUT2D eigenvalue weighted by Gasteiger charge is -2.37. The third-order valence-corrected chi connectivity index (χ3v) is 5.18. The predicted octanol–water partition coefficient (Wildman–Crippen LogP) is 3.52. The van der Waals surface area contributed by atoms with Crippen LogP contribution in [-0.4, -0.2) is 46.2 Å². The van der Waals surface area contributed by atoms with Crippen molar-refractivity contribution in [1.29, 1.82) is 0 Å². The van der Waals surface area contributed by atoms with E-state index in [2.05, 4.69) is 20.9 Å². The molecule has 1 saturated heterocycles. The van der Waals surface area contributed by atoms with Crippen molar-refractivity contribution >= 4 is 17.1 Å². The average molecular weight is 378 g/mol. The highest BCUT2D eigenvalue weighted by Crippen LogP contribution is 2.25. The number of benzene rings is 2. The molecule has 146 valence electrons. The zero-order valence-corrected chi connectivity index (χ0v) is 16.3. The number of nitrogens with one attached hydrogen (secondary N) is 1. The summed E-state index contributed by atoms with van der Waals surface area (Å²) >= 11 is 0. The fourth-order valence-corrected chi connectivity index (χ4v) is 3.83. The fraction of sp³-hybridized carbons (Fsp3) is 0.364. The van der Waals surface area contributed by atoms with Gasteiger partial charge in [0.2, 0.25) is 0 Å². The minimum Gasteiger partial charge on any atom is -0.367 e. The van der Waals surface area contributed by atoms with Crippen molar-refractivity contribution in [2.45, 2.75) is 32.6 Å². The summed E-state index contributed by atoms with van der Waals surface area (Å²) in [5, 5.41) is 3.06. The highest BCUT2D eigenvalue weighted by Gasteiger charge is 2.29. The molecule has 1 N–H and O–H groups in total. The highest BCUT2D eigenvalue weighted by molar-refractivity contribution is 5.76. The van der Waals surface area contributed by atoms with Crippen LogP contribution in [0.4, 0.5) is 4.79 Å². The molecular formula is C22H26N4O2. The van der Waals surface area contributed by atoms with Gasteiger partial charge in [-0.2, -0.15) is 0 Å². The van der Waals surface area contributed by atoms with E-state index < -0.39 is 0 Å². The van der Waals surface area contributed by atoms with Gasteiger partial charge in [-0.05, 0) is 31.5 Å².